The largest absolute Gasteiger partial charge is 0.507 e. The van der Waals surface area contributed by atoms with Crippen LogP contribution in [0.15, 0.2) is 34.1 Å². The maximum Gasteiger partial charge on any atom is 0.317 e. The Balaban J connectivity index is 2.17. The number of likely N-dealkylation sites (tertiary alicyclic amines) is 1. The SMILES string of the molecule is CC(C)(C)c1cc(SC2(Sc3cc(C(C)(C)C)c(O)c(C(C)(C)C)c3)CCN(CC(=O)O)CC2)cc(C(C)(C)C)c1O. The van der Waals surface area contributed by atoms with Crippen LogP contribution in [-0.2, 0) is 26.5 Å². The van der Waals surface area contributed by atoms with Gasteiger partial charge < -0.3 is 15.3 Å². The number of carboxylic acids is 1. The van der Waals surface area contributed by atoms with Crippen LogP contribution in [0.3, 0.4) is 0 Å². The van der Waals surface area contributed by atoms with Crippen LogP contribution in [0.25, 0.3) is 0 Å². The van der Waals surface area contributed by atoms with Crippen LogP contribution in [0.4, 0.5) is 0 Å². The molecule has 3 N–H and O–H groups in total. The van der Waals surface area contributed by atoms with E-state index in [1.54, 1.807) is 0 Å². The van der Waals surface area contributed by atoms with Gasteiger partial charge >= 0.3 is 5.97 Å². The average Bonchev–Trinajstić information content (AvgIpc) is 2.79. The van der Waals surface area contributed by atoms with Gasteiger partial charge in [-0.2, -0.15) is 0 Å². The van der Waals surface area contributed by atoms with E-state index in [0.717, 1.165) is 44.9 Å². The zero-order valence-electron chi connectivity index (χ0n) is 27.9. The van der Waals surface area contributed by atoms with E-state index in [1.807, 2.05) is 28.4 Å². The Hall–Kier alpha value is -1.83. The van der Waals surface area contributed by atoms with E-state index in [1.165, 1.54) is 0 Å². The first-order valence-corrected chi connectivity index (χ1v) is 16.6. The summed E-state index contributed by atoms with van der Waals surface area (Å²) in [5.74, 6) is -0.0462. The third-order valence-corrected chi connectivity index (χ3v) is 11.0. The van der Waals surface area contributed by atoms with Crippen LogP contribution >= 0.6 is 23.5 Å². The number of rotatable bonds is 6. The molecule has 1 heterocycles. The van der Waals surface area contributed by atoms with Crippen molar-refractivity contribution in [3.05, 3.63) is 46.5 Å². The molecule has 0 atom stereocenters. The molecule has 0 aromatic heterocycles. The molecule has 1 aliphatic rings. The predicted molar refractivity (Wildman–Crippen MR) is 179 cm³/mol. The van der Waals surface area contributed by atoms with Crippen molar-refractivity contribution in [3.8, 4) is 11.5 Å². The van der Waals surface area contributed by atoms with Crippen LogP contribution in [0.5, 0.6) is 11.5 Å². The zero-order chi connectivity index (χ0) is 32.1. The van der Waals surface area contributed by atoms with Crippen LogP contribution in [-0.4, -0.2) is 49.9 Å². The topological polar surface area (TPSA) is 81.0 Å². The fourth-order valence-electron chi connectivity index (χ4n) is 5.52. The molecule has 0 bridgehead atoms. The van der Waals surface area contributed by atoms with Gasteiger partial charge in [0.25, 0.3) is 0 Å². The lowest BCUT2D eigenvalue weighted by Crippen LogP contribution is -2.42. The van der Waals surface area contributed by atoms with Crippen molar-refractivity contribution in [1.82, 2.24) is 4.90 Å². The Bertz CT molecular complexity index is 1140. The summed E-state index contributed by atoms with van der Waals surface area (Å²) in [5, 5.41) is 32.1. The van der Waals surface area contributed by atoms with Gasteiger partial charge in [-0.1, -0.05) is 83.1 Å². The minimum atomic E-state index is -0.797. The lowest BCUT2D eigenvalue weighted by Gasteiger charge is -2.41. The molecular formula is C35H53NO4S2. The molecule has 0 radical (unpaired) electrons. The highest BCUT2D eigenvalue weighted by atomic mass is 32.2. The Morgan fingerprint density at radius 1 is 0.667 bits per heavy atom. The van der Waals surface area contributed by atoms with E-state index in [9.17, 15) is 20.1 Å². The summed E-state index contributed by atoms with van der Waals surface area (Å²) >= 11 is 3.69. The molecule has 0 unspecified atom stereocenters. The van der Waals surface area contributed by atoms with Gasteiger partial charge in [0.05, 0.1) is 10.6 Å². The van der Waals surface area contributed by atoms with Gasteiger partial charge in [0.2, 0.25) is 0 Å². The summed E-state index contributed by atoms with van der Waals surface area (Å²) < 4.78 is -0.252. The first-order chi connectivity index (χ1) is 18.9. The van der Waals surface area contributed by atoms with E-state index in [2.05, 4.69) is 107 Å². The van der Waals surface area contributed by atoms with Gasteiger partial charge in [-0.15, -0.1) is 23.5 Å². The fourth-order valence-corrected chi connectivity index (χ4v) is 8.60. The number of thioether (sulfide) groups is 2. The number of phenolic OH excluding ortho intramolecular Hbond substituents is 2. The van der Waals surface area contributed by atoms with Crippen molar-refractivity contribution >= 4 is 29.5 Å². The van der Waals surface area contributed by atoms with Gasteiger partial charge in [0.15, 0.2) is 0 Å². The zero-order valence-corrected chi connectivity index (χ0v) is 29.5. The van der Waals surface area contributed by atoms with E-state index >= 15 is 0 Å². The minimum absolute atomic E-state index is 0.0501. The fraction of sp³-hybridized carbons (Fsp3) is 0.629. The monoisotopic (exact) mass is 615 g/mol. The maximum atomic E-state index is 11.5. The Morgan fingerprint density at radius 3 is 1.19 bits per heavy atom. The summed E-state index contributed by atoms with van der Waals surface area (Å²) in [6.45, 7) is 27.1. The summed E-state index contributed by atoms with van der Waals surface area (Å²) in [5.41, 5.74) is 2.84. The summed E-state index contributed by atoms with van der Waals surface area (Å²) in [7, 11) is 0. The van der Waals surface area contributed by atoms with Crippen molar-refractivity contribution in [2.45, 2.75) is 131 Å². The summed E-state index contributed by atoms with van der Waals surface area (Å²) in [6.07, 6.45) is 1.62. The number of benzene rings is 2. The number of piperidine rings is 1. The number of aromatic hydroxyl groups is 2. The van der Waals surface area contributed by atoms with E-state index in [-0.39, 0.29) is 32.3 Å². The highest BCUT2D eigenvalue weighted by Crippen LogP contribution is 2.55. The smallest absolute Gasteiger partial charge is 0.317 e. The molecule has 42 heavy (non-hydrogen) atoms. The third kappa shape index (κ3) is 8.21. The number of phenols is 2. The highest BCUT2D eigenvalue weighted by molar-refractivity contribution is 8.18. The first kappa shape index (κ1) is 34.7. The van der Waals surface area contributed by atoms with Gasteiger partial charge in [-0.05, 0) is 58.8 Å². The van der Waals surface area contributed by atoms with Gasteiger partial charge in [-0.3, -0.25) is 9.69 Å². The molecular weight excluding hydrogens is 563 g/mol. The molecule has 0 aliphatic carbocycles. The van der Waals surface area contributed by atoms with Gasteiger partial charge in [0, 0.05) is 45.1 Å². The molecule has 1 saturated heterocycles. The van der Waals surface area contributed by atoms with Crippen LogP contribution in [0.1, 0.15) is 118 Å². The second kappa shape index (κ2) is 11.9. The number of carboxylic acid groups (broad SMARTS) is 1. The molecule has 1 aliphatic heterocycles. The van der Waals surface area contributed by atoms with Crippen LogP contribution < -0.4 is 0 Å². The number of nitrogens with zero attached hydrogens (tertiary/aromatic N) is 1. The lowest BCUT2D eigenvalue weighted by molar-refractivity contribution is -0.138. The molecule has 5 nitrogen and oxygen atoms in total. The van der Waals surface area contributed by atoms with Crippen LogP contribution in [0.2, 0.25) is 0 Å². The maximum absolute atomic E-state index is 11.5. The molecule has 7 heteroatoms. The van der Waals surface area contributed by atoms with Gasteiger partial charge in [-0.25, -0.2) is 0 Å². The second-order valence-electron chi connectivity index (χ2n) is 16.0. The van der Waals surface area contributed by atoms with Crippen LogP contribution in [0, 0.1) is 0 Å². The standard InChI is InChI=1S/C35H53NO4S2/c1-31(2,3)24-17-22(18-25(29(24)39)32(4,5)6)41-35(13-15-36(16-14-35)21-28(37)38)42-23-19-26(33(7,8)9)30(40)27(20-23)34(10,11)12/h17-20,39-40H,13-16,21H2,1-12H3,(H,37,38). The molecule has 0 saturated carbocycles. The van der Waals surface area contributed by atoms with Gasteiger partial charge in [0.1, 0.15) is 11.5 Å². The number of hydrogen-bond acceptors (Lipinski definition) is 6. The van der Waals surface area contributed by atoms with E-state index in [4.69, 9.17) is 0 Å². The normalized spacial score (nSPS) is 17.0. The molecule has 2 aromatic carbocycles. The molecule has 0 amide bonds. The second-order valence-corrected chi connectivity index (χ2v) is 19.2. The molecule has 234 valence electrons. The molecule has 3 rings (SSSR count). The Morgan fingerprint density at radius 2 is 0.952 bits per heavy atom. The van der Waals surface area contributed by atoms with Crippen molar-refractivity contribution in [2.24, 2.45) is 0 Å². The predicted octanol–water partition coefficient (Wildman–Crippen LogP) is 9.05. The number of aliphatic carboxylic acids is 1. The molecule has 0 spiro atoms. The Kier molecular flexibility index (Phi) is 9.84. The number of hydrogen-bond donors (Lipinski definition) is 3. The minimum Gasteiger partial charge on any atom is -0.507 e. The van der Waals surface area contributed by atoms with Crippen molar-refractivity contribution in [1.29, 1.82) is 0 Å². The third-order valence-electron chi connectivity index (χ3n) is 7.98. The number of carbonyl (C=O) groups is 1. The van der Waals surface area contributed by atoms with Crippen molar-refractivity contribution < 1.29 is 20.1 Å². The van der Waals surface area contributed by atoms with E-state index < -0.39 is 5.97 Å². The lowest BCUT2D eigenvalue weighted by atomic mass is 9.79. The molecule has 1 fully saturated rings. The first-order valence-electron chi connectivity index (χ1n) is 15.0. The molecule has 2 aromatic rings. The van der Waals surface area contributed by atoms with Crippen molar-refractivity contribution in [2.75, 3.05) is 19.6 Å². The Labute approximate surface area is 262 Å². The van der Waals surface area contributed by atoms with E-state index in [0.29, 0.717) is 24.6 Å². The average molecular weight is 616 g/mol. The highest BCUT2D eigenvalue weighted by Gasteiger charge is 2.39. The quantitative estimate of drug-likeness (QED) is 0.280. The van der Waals surface area contributed by atoms with Crippen molar-refractivity contribution in [3.63, 3.8) is 0 Å². The summed E-state index contributed by atoms with van der Waals surface area (Å²) in [4.78, 5) is 15.8. The summed E-state index contributed by atoms with van der Waals surface area (Å²) in [6, 6.07) is 8.61.